The molecule has 2 fully saturated rings. The number of nitrogens with zero attached hydrogens (tertiary/aromatic N) is 4. The highest BCUT2D eigenvalue weighted by atomic mass is 19.4. The molecule has 11 nitrogen and oxygen atoms in total. The fourth-order valence-electron chi connectivity index (χ4n) is 4.36. The molecule has 4 heterocycles. The first-order valence-electron chi connectivity index (χ1n) is 13.3. The predicted octanol–water partition coefficient (Wildman–Crippen LogP) is 4.49. The van der Waals surface area contributed by atoms with Crippen LogP contribution in [0.2, 0.25) is 0 Å². The smallest absolute Gasteiger partial charge is 0.475 e. The van der Waals surface area contributed by atoms with E-state index in [0.29, 0.717) is 18.1 Å². The van der Waals surface area contributed by atoms with Gasteiger partial charge in [0.1, 0.15) is 0 Å². The molecule has 0 aliphatic carbocycles. The Morgan fingerprint density at radius 1 is 0.851 bits per heavy atom. The van der Waals surface area contributed by atoms with Gasteiger partial charge in [-0.25, -0.2) is 14.4 Å². The predicted molar refractivity (Wildman–Crippen MR) is 143 cm³/mol. The second-order valence-electron chi connectivity index (χ2n) is 10.3. The van der Waals surface area contributed by atoms with E-state index in [1.54, 1.807) is 0 Å². The first-order chi connectivity index (χ1) is 21.6. The molecule has 2 saturated heterocycles. The molecule has 0 saturated carbocycles. The number of halogens is 9. The van der Waals surface area contributed by atoms with Crippen molar-refractivity contribution in [2.45, 2.75) is 50.1 Å². The van der Waals surface area contributed by atoms with E-state index in [4.69, 9.17) is 34.4 Å². The molecule has 20 heteroatoms. The van der Waals surface area contributed by atoms with Crippen LogP contribution in [-0.2, 0) is 32.3 Å². The summed E-state index contributed by atoms with van der Waals surface area (Å²) in [5.41, 5.74) is 2.70. The number of aliphatic carboxylic acids is 3. The third-order valence-electron chi connectivity index (χ3n) is 6.60. The Bertz CT molecular complexity index is 1200. The van der Waals surface area contributed by atoms with Crippen LogP contribution >= 0.6 is 0 Å². The molecule has 1 unspecified atom stereocenters. The van der Waals surface area contributed by atoms with Gasteiger partial charge in [-0.3, -0.25) is 19.8 Å². The number of carboxylic acid groups (broad SMARTS) is 3. The standard InChI is InChI=1S/C21H28N4O.3C2HF3O2/c1-24-11-7-19(15-26-14-18-5-9-22-10-6-18)12-21(24)16-25(17-21)13-20-4-2-3-8-23-20;3*3-2(4,5)1(6)7/h2-6,8-10,19H,7,11-17H2,1H3;3*(H,6,7). The van der Waals surface area contributed by atoms with Gasteiger partial charge in [-0.15, -0.1) is 0 Å². The Labute approximate surface area is 261 Å². The average molecular weight is 695 g/mol. The van der Waals surface area contributed by atoms with Crippen LogP contribution in [0.3, 0.4) is 0 Å². The van der Waals surface area contributed by atoms with Gasteiger partial charge in [0, 0.05) is 50.4 Å². The van der Waals surface area contributed by atoms with Gasteiger partial charge >= 0.3 is 36.4 Å². The van der Waals surface area contributed by atoms with Crippen molar-refractivity contribution in [3.8, 4) is 0 Å². The first kappa shape index (κ1) is 41.0. The molecule has 2 aliphatic heterocycles. The monoisotopic (exact) mass is 694 g/mol. The first-order valence-corrected chi connectivity index (χ1v) is 13.3. The molecule has 2 aromatic heterocycles. The van der Waals surface area contributed by atoms with Gasteiger partial charge in [0.15, 0.2) is 0 Å². The molecular weight excluding hydrogens is 663 g/mol. The van der Waals surface area contributed by atoms with E-state index in [1.807, 2.05) is 36.8 Å². The van der Waals surface area contributed by atoms with Crippen molar-refractivity contribution in [1.29, 1.82) is 0 Å². The minimum absolute atomic E-state index is 0.331. The van der Waals surface area contributed by atoms with E-state index in [0.717, 1.165) is 31.9 Å². The molecule has 0 aromatic carbocycles. The van der Waals surface area contributed by atoms with Crippen molar-refractivity contribution in [3.63, 3.8) is 0 Å². The summed E-state index contributed by atoms with van der Waals surface area (Å²) >= 11 is 0. The summed E-state index contributed by atoms with van der Waals surface area (Å²) in [6.07, 6.45) is -7.25. The quantitative estimate of drug-likeness (QED) is 0.367. The van der Waals surface area contributed by atoms with Gasteiger partial charge < -0.3 is 20.1 Å². The van der Waals surface area contributed by atoms with Crippen LogP contribution in [0.25, 0.3) is 0 Å². The normalized spacial score (nSPS) is 17.8. The lowest BCUT2D eigenvalue weighted by Gasteiger charge is -2.58. The van der Waals surface area contributed by atoms with Gasteiger partial charge in [0.25, 0.3) is 0 Å². The zero-order valence-electron chi connectivity index (χ0n) is 24.5. The number of pyridine rings is 2. The van der Waals surface area contributed by atoms with Crippen molar-refractivity contribution >= 4 is 17.9 Å². The number of likely N-dealkylation sites (N-methyl/N-ethyl adjacent to an activating group) is 1. The summed E-state index contributed by atoms with van der Waals surface area (Å²) in [6.45, 7) is 5.95. The lowest BCUT2D eigenvalue weighted by Crippen LogP contribution is -2.71. The number of rotatable bonds is 6. The topological polar surface area (TPSA) is 153 Å². The molecule has 1 atom stereocenters. The number of hydrogen-bond donors (Lipinski definition) is 3. The summed E-state index contributed by atoms with van der Waals surface area (Å²) in [7, 11) is 2.28. The Kier molecular flexibility index (Phi) is 15.5. The molecule has 0 bridgehead atoms. The van der Waals surface area contributed by atoms with E-state index < -0.39 is 36.4 Å². The molecule has 4 rings (SSSR count). The second-order valence-corrected chi connectivity index (χ2v) is 10.3. The summed E-state index contributed by atoms with van der Waals surface area (Å²) in [5.74, 6) is -7.61. The largest absolute Gasteiger partial charge is 0.490 e. The molecule has 264 valence electrons. The van der Waals surface area contributed by atoms with Crippen molar-refractivity contribution in [2.75, 3.05) is 33.3 Å². The molecule has 0 radical (unpaired) electrons. The Hall–Kier alpha value is -4.04. The van der Waals surface area contributed by atoms with Crippen molar-refractivity contribution < 1.29 is 74.0 Å². The number of aromatic nitrogens is 2. The van der Waals surface area contributed by atoms with Crippen molar-refractivity contribution in [2.24, 2.45) is 5.92 Å². The third-order valence-corrected chi connectivity index (χ3v) is 6.60. The number of ether oxygens (including phenoxy) is 1. The zero-order chi connectivity index (χ0) is 36.1. The maximum atomic E-state index is 10.6. The fraction of sp³-hybridized carbons (Fsp3) is 0.519. The SMILES string of the molecule is CN1CCC(COCc2ccncc2)CC12CN(Cc1ccccn1)C2.O=C(O)C(F)(F)F.O=C(O)C(F)(F)F.O=C(O)C(F)(F)F. The van der Waals surface area contributed by atoms with Gasteiger partial charge in [-0.05, 0) is 62.2 Å². The van der Waals surface area contributed by atoms with E-state index in [9.17, 15) is 39.5 Å². The van der Waals surface area contributed by atoms with Crippen LogP contribution in [-0.4, -0.2) is 110 Å². The third kappa shape index (κ3) is 15.4. The lowest BCUT2D eigenvalue weighted by molar-refractivity contribution is -0.193. The number of hydrogen-bond acceptors (Lipinski definition) is 8. The van der Waals surface area contributed by atoms with Crippen LogP contribution in [0.4, 0.5) is 39.5 Å². The number of carboxylic acids is 3. The average Bonchev–Trinajstić information content (AvgIpc) is 2.94. The van der Waals surface area contributed by atoms with Crippen LogP contribution in [0.15, 0.2) is 48.9 Å². The fourth-order valence-corrected chi connectivity index (χ4v) is 4.36. The highest BCUT2D eigenvalue weighted by molar-refractivity contribution is 5.73. The van der Waals surface area contributed by atoms with Gasteiger partial charge in [0.05, 0.1) is 12.3 Å². The van der Waals surface area contributed by atoms with Crippen LogP contribution in [0, 0.1) is 5.92 Å². The Morgan fingerprint density at radius 2 is 1.34 bits per heavy atom. The summed E-state index contributed by atoms with van der Waals surface area (Å²) in [5, 5.41) is 21.4. The zero-order valence-corrected chi connectivity index (χ0v) is 24.5. The number of piperidine rings is 1. The minimum atomic E-state index is -5.08. The molecular formula is C27H31F9N4O7. The summed E-state index contributed by atoms with van der Waals surface area (Å²) < 4.78 is 101. The lowest BCUT2D eigenvalue weighted by atomic mass is 9.75. The number of carbonyl (C=O) groups is 3. The van der Waals surface area contributed by atoms with Crippen LogP contribution < -0.4 is 0 Å². The minimum Gasteiger partial charge on any atom is -0.475 e. The number of alkyl halides is 9. The highest BCUT2D eigenvalue weighted by Crippen LogP contribution is 2.38. The second kappa shape index (κ2) is 17.8. The van der Waals surface area contributed by atoms with Crippen LogP contribution in [0.5, 0.6) is 0 Å². The Morgan fingerprint density at radius 3 is 1.77 bits per heavy atom. The molecule has 47 heavy (non-hydrogen) atoms. The van der Waals surface area contributed by atoms with E-state index in [2.05, 4.69) is 38.9 Å². The molecule has 3 N–H and O–H groups in total. The molecule has 2 aromatic rings. The van der Waals surface area contributed by atoms with E-state index >= 15 is 0 Å². The molecule has 1 spiro atoms. The summed E-state index contributed by atoms with van der Waals surface area (Å²) in [4.78, 5) is 40.3. The Balaban J connectivity index is 0.000000430. The van der Waals surface area contributed by atoms with Crippen molar-refractivity contribution in [3.05, 3.63) is 60.2 Å². The van der Waals surface area contributed by atoms with E-state index in [1.165, 1.54) is 24.9 Å². The highest BCUT2D eigenvalue weighted by Gasteiger charge is 2.49. The van der Waals surface area contributed by atoms with Gasteiger partial charge in [0.2, 0.25) is 0 Å². The van der Waals surface area contributed by atoms with Crippen molar-refractivity contribution in [1.82, 2.24) is 19.8 Å². The maximum Gasteiger partial charge on any atom is 0.490 e. The molecule has 2 aliphatic rings. The number of likely N-dealkylation sites (tertiary alicyclic amines) is 2. The van der Waals surface area contributed by atoms with Gasteiger partial charge in [-0.2, -0.15) is 39.5 Å². The van der Waals surface area contributed by atoms with Gasteiger partial charge in [-0.1, -0.05) is 6.07 Å². The van der Waals surface area contributed by atoms with Crippen LogP contribution in [0.1, 0.15) is 24.1 Å². The maximum absolute atomic E-state index is 10.6. The molecule has 0 amide bonds. The van der Waals surface area contributed by atoms with E-state index in [-0.39, 0.29) is 0 Å². The summed E-state index contributed by atoms with van der Waals surface area (Å²) in [6, 6.07) is 10.2.